The van der Waals surface area contributed by atoms with Crippen molar-refractivity contribution < 1.29 is 14.5 Å². The fourth-order valence-corrected chi connectivity index (χ4v) is 2.41. The maximum Gasteiger partial charge on any atom is 0.491 e. The smallest absolute Gasteiger partial charge is 0.411 e. The molecule has 1 aliphatic rings. The quantitative estimate of drug-likeness (QED) is 0.379. The van der Waals surface area contributed by atoms with Gasteiger partial charge in [-0.2, -0.15) is 0 Å². The summed E-state index contributed by atoms with van der Waals surface area (Å²) >= 11 is 0. The van der Waals surface area contributed by atoms with Gasteiger partial charge in [-0.3, -0.25) is 0 Å². The number of hydrogen-bond donors (Lipinski definition) is 2. The van der Waals surface area contributed by atoms with Gasteiger partial charge in [0.2, 0.25) is 0 Å². The normalized spacial score (nSPS) is 20.4. The molecule has 6 heteroatoms. The molecule has 1 fully saturated rings. The number of rotatable bonds is 5. The molecule has 0 aromatic heterocycles. The maximum atomic E-state index is 8.67. The Balaban J connectivity index is 2.30. The predicted octanol–water partition coefficient (Wildman–Crippen LogP) is 2.73. The summed E-state index contributed by atoms with van der Waals surface area (Å²) in [4.78, 5) is 0. The van der Waals surface area contributed by atoms with Crippen molar-refractivity contribution in [2.24, 2.45) is 5.16 Å². The minimum absolute atomic E-state index is 0.365. The Kier molecular flexibility index (Phi) is 5.29. The average molecular weight is 316 g/mol. The minimum Gasteiger partial charge on any atom is -0.411 e. The van der Waals surface area contributed by atoms with Crippen LogP contribution in [0.25, 0.3) is 6.08 Å². The third-order valence-electron chi connectivity index (χ3n) is 4.41. The first kappa shape index (κ1) is 17.7. The molecular formula is C17H25BN2O3. The second-order valence-corrected chi connectivity index (χ2v) is 6.75. The van der Waals surface area contributed by atoms with Crippen molar-refractivity contribution in [3.05, 3.63) is 40.9 Å². The molecule has 1 saturated heterocycles. The van der Waals surface area contributed by atoms with Gasteiger partial charge in [-0.05, 0) is 57.4 Å². The maximum absolute atomic E-state index is 8.67. The lowest BCUT2D eigenvalue weighted by Crippen LogP contribution is -2.41. The molecule has 23 heavy (non-hydrogen) atoms. The van der Waals surface area contributed by atoms with Crippen molar-refractivity contribution in [2.45, 2.75) is 38.9 Å². The van der Waals surface area contributed by atoms with Gasteiger partial charge < -0.3 is 19.8 Å². The molecule has 0 spiro atoms. The molecule has 5 nitrogen and oxygen atoms in total. The molecule has 0 bridgehead atoms. The third-order valence-corrected chi connectivity index (χ3v) is 4.41. The van der Waals surface area contributed by atoms with E-state index in [0.717, 1.165) is 16.6 Å². The molecule has 1 heterocycles. The van der Waals surface area contributed by atoms with E-state index in [2.05, 4.69) is 10.5 Å². The topological polar surface area (TPSA) is 63.1 Å². The molecule has 0 saturated carbocycles. The molecule has 0 radical (unpaired) electrons. The van der Waals surface area contributed by atoms with Gasteiger partial charge in [-0.25, -0.2) is 0 Å². The Labute approximate surface area is 138 Å². The SMILES string of the molecule is CNCC(=Cc1cccc(C=NO)c1)B1OC(C)(C)C(C)(C)O1. The summed E-state index contributed by atoms with van der Waals surface area (Å²) in [7, 11) is 1.51. The zero-order valence-electron chi connectivity index (χ0n) is 14.5. The average Bonchev–Trinajstić information content (AvgIpc) is 2.68. The van der Waals surface area contributed by atoms with Crippen molar-refractivity contribution in [1.82, 2.24) is 5.32 Å². The fraction of sp³-hybridized carbons (Fsp3) is 0.471. The summed E-state index contributed by atoms with van der Waals surface area (Å²) in [5.41, 5.74) is 2.12. The fourth-order valence-electron chi connectivity index (χ4n) is 2.41. The van der Waals surface area contributed by atoms with Crippen molar-refractivity contribution in [3.63, 3.8) is 0 Å². The molecule has 1 aliphatic heterocycles. The first-order chi connectivity index (χ1) is 10.8. The highest BCUT2D eigenvalue weighted by molar-refractivity contribution is 6.55. The second-order valence-electron chi connectivity index (χ2n) is 6.75. The summed E-state index contributed by atoms with van der Waals surface area (Å²) in [5, 5.41) is 14.9. The number of nitrogens with one attached hydrogen (secondary N) is 1. The lowest BCUT2D eigenvalue weighted by atomic mass is 9.77. The van der Waals surface area contributed by atoms with Crippen LogP contribution in [-0.2, 0) is 9.31 Å². The molecule has 0 unspecified atom stereocenters. The highest BCUT2D eigenvalue weighted by atomic mass is 16.7. The van der Waals surface area contributed by atoms with Crippen LogP contribution in [0.15, 0.2) is 34.9 Å². The van der Waals surface area contributed by atoms with Crippen LogP contribution in [0.2, 0.25) is 0 Å². The van der Waals surface area contributed by atoms with E-state index in [4.69, 9.17) is 14.5 Å². The monoisotopic (exact) mass is 316 g/mol. The van der Waals surface area contributed by atoms with Crippen molar-refractivity contribution in [2.75, 3.05) is 13.6 Å². The van der Waals surface area contributed by atoms with Gasteiger partial charge in [0.1, 0.15) is 0 Å². The largest absolute Gasteiger partial charge is 0.491 e. The van der Waals surface area contributed by atoms with Crippen LogP contribution in [-0.4, -0.2) is 43.3 Å². The van der Waals surface area contributed by atoms with Crippen LogP contribution in [0.5, 0.6) is 0 Å². The summed E-state index contributed by atoms with van der Waals surface area (Å²) in [6.07, 6.45) is 3.46. The molecule has 0 atom stereocenters. The van der Waals surface area contributed by atoms with Crippen LogP contribution < -0.4 is 5.32 Å². The Morgan fingerprint density at radius 1 is 1.22 bits per heavy atom. The number of nitrogens with zero attached hydrogens (tertiary/aromatic N) is 1. The van der Waals surface area contributed by atoms with Crippen LogP contribution in [0, 0.1) is 0 Å². The number of likely N-dealkylation sites (N-methyl/N-ethyl adjacent to an activating group) is 1. The van der Waals surface area contributed by atoms with Crippen LogP contribution in [0.1, 0.15) is 38.8 Å². The van der Waals surface area contributed by atoms with Gasteiger partial charge in [0, 0.05) is 6.54 Å². The Hall–Kier alpha value is -1.63. The Morgan fingerprint density at radius 2 is 1.83 bits per heavy atom. The summed E-state index contributed by atoms with van der Waals surface area (Å²) in [5.74, 6) is 0. The molecular weight excluding hydrogens is 291 g/mol. The van der Waals surface area contributed by atoms with E-state index in [1.54, 1.807) is 0 Å². The standard InChI is InChI=1S/C17H25BN2O3/c1-16(2)17(3,4)23-18(22-16)15(12-19-5)10-13-7-6-8-14(9-13)11-20-21/h6-11,19,21H,12H2,1-5H3. The minimum atomic E-state index is -0.386. The summed E-state index contributed by atoms with van der Waals surface area (Å²) < 4.78 is 12.3. The van der Waals surface area contributed by atoms with Gasteiger partial charge >= 0.3 is 7.12 Å². The van der Waals surface area contributed by atoms with Crippen LogP contribution in [0.3, 0.4) is 0 Å². The first-order valence-corrected chi connectivity index (χ1v) is 7.77. The molecule has 0 amide bonds. The van der Waals surface area contributed by atoms with E-state index < -0.39 is 0 Å². The summed E-state index contributed by atoms with van der Waals surface area (Å²) in [6.45, 7) is 8.84. The van der Waals surface area contributed by atoms with E-state index in [1.807, 2.05) is 65.1 Å². The highest BCUT2D eigenvalue weighted by Gasteiger charge is 2.52. The Morgan fingerprint density at radius 3 is 2.39 bits per heavy atom. The van der Waals surface area contributed by atoms with Crippen LogP contribution in [0.4, 0.5) is 0 Å². The first-order valence-electron chi connectivity index (χ1n) is 7.77. The van der Waals surface area contributed by atoms with Crippen molar-refractivity contribution in [3.8, 4) is 0 Å². The molecule has 2 N–H and O–H groups in total. The zero-order chi connectivity index (χ0) is 17.1. The summed E-state index contributed by atoms with van der Waals surface area (Å²) in [6, 6.07) is 7.74. The van der Waals surface area contributed by atoms with Gasteiger partial charge in [-0.15, -0.1) is 0 Å². The highest BCUT2D eigenvalue weighted by Crippen LogP contribution is 2.38. The lowest BCUT2D eigenvalue weighted by molar-refractivity contribution is 0.00578. The zero-order valence-corrected chi connectivity index (χ0v) is 14.5. The molecule has 1 aromatic rings. The Bertz CT molecular complexity index is 596. The van der Waals surface area contributed by atoms with Crippen LogP contribution >= 0.6 is 0 Å². The van der Waals surface area contributed by atoms with E-state index in [9.17, 15) is 0 Å². The number of hydrogen-bond acceptors (Lipinski definition) is 5. The second kappa shape index (κ2) is 6.87. The van der Waals surface area contributed by atoms with Gasteiger partial charge in [0.25, 0.3) is 0 Å². The van der Waals surface area contributed by atoms with Gasteiger partial charge in [0.15, 0.2) is 0 Å². The molecule has 1 aromatic carbocycles. The third kappa shape index (κ3) is 4.02. The van der Waals surface area contributed by atoms with Crippen molar-refractivity contribution in [1.29, 1.82) is 0 Å². The lowest BCUT2D eigenvalue weighted by Gasteiger charge is -2.32. The van der Waals surface area contributed by atoms with E-state index in [1.165, 1.54) is 6.21 Å². The van der Waals surface area contributed by atoms with Gasteiger partial charge in [0.05, 0.1) is 17.4 Å². The van der Waals surface area contributed by atoms with E-state index >= 15 is 0 Å². The molecule has 2 rings (SSSR count). The number of oxime groups is 1. The molecule has 124 valence electrons. The van der Waals surface area contributed by atoms with Crippen molar-refractivity contribution >= 4 is 19.4 Å². The number of benzene rings is 1. The van der Waals surface area contributed by atoms with Gasteiger partial charge in [-0.1, -0.05) is 29.4 Å². The van der Waals surface area contributed by atoms with E-state index in [0.29, 0.717) is 6.54 Å². The molecule has 0 aliphatic carbocycles. The predicted molar refractivity (Wildman–Crippen MR) is 93.8 cm³/mol. The van der Waals surface area contributed by atoms with E-state index in [-0.39, 0.29) is 18.3 Å².